The average Bonchev–Trinajstić information content (AvgIpc) is 3.03. The topological polar surface area (TPSA) is 77.1 Å². The summed E-state index contributed by atoms with van der Waals surface area (Å²) in [5.41, 5.74) is 1.77. The Balaban J connectivity index is 1.96. The smallest absolute Gasteiger partial charge is 0.341 e. The number of thiophene rings is 1. The third-order valence-electron chi connectivity index (χ3n) is 4.52. The zero-order valence-corrected chi connectivity index (χ0v) is 16.6. The second kappa shape index (κ2) is 7.98. The lowest BCUT2D eigenvalue weighted by Crippen LogP contribution is -2.26. The first-order valence-corrected chi connectivity index (χ1v) is 9.24. The molecule has 144 valence electrons. The number of rotatable bonds is 5. The number of nitrogens with zero attached hydrogens (tertiary/aromatic N) is 1. The highest BCUT2D eigenvalue weighted by atomic mass is 32.1. The van der Waals surface area contributed by atoms with Gasteiger partial charge in [0.15, 0.2) is 0 Å². The maximum absolute atomic E-state index is 12.8. The van der Waals surface area contributed by atoms with Crippen LogP contribution in [0.15, 0.2) is 18.2 Å². The number of anilines is 1. The second-order valence-corrected chi connectivity index (χ2v) is 7.31. The van der Waals surface area contributed by atoms with E-state index in [4.69, 9.17) is 14.2 Å². The van der Waals surface area contributed by atoms with Gasteiger partial charge in [0.2, 0.25) is 0 Å². The highest BCUT2D eigenvalue weighted by Crippen LogP contribution is 2.38. The third-order valence-corrected chi connectivity index (χ3v) is 5.65. The Hall–Kier alpha value is -2.58. The monoisotopic (exact) mass is 390 g/mol. The minimum absolute atomic E-state index is 0.355. The Morgan fingerprint density at radius 2 is 1.96 bits per heavy atom. The number of methoxy groups -OCH3 is 3. The molecule has 2 heterocycles. The summed E-state index contributed by atoms with van der Waals surface area (Å²) >= 11 is 1.41. The van der Waals surface area contributed by atoms with Crippen molar-refractivity contribution < 1.29 is 23.8 Å². The van der Waals surface area contributed by atoms with E-state index >= 15 is 0 Å². The molecule has 3 rings (SSSR count). The standard InChI is InChI=1S/C19H22N2O5S/c1-21-8-7-13-15(10-21)27-18(16(13)19(23)26-4)20-17(22)12-6-5-11(24-2)9-14(12)25-3/h5-6,9H,7-8,10H2,1-4H3,(H,20,22). The molecule has 1 aromatic heterocycles. The molecule has 0 saturated carbocycles. The number of fused-ring (bicyclic) bond motifs is 1. The fourth-order valence-corrected chi connectivity index (χ4v) is 4.40. The van der Waals surface area contributed by atoms with Crippen LogP contribution in [0.3, 0.4) is 0 Å². The fraction of sp³-hybridized carbons (Fsp3) is 0.368. The number of nitrogens with one attached hydrogen (secondary N) is 1. The summed E-state index contributed by atoms with van der Waals surface area (Å²) in [6, 6.07) is 4.96. The summed E-state index contributed by atoms with van der Waals surface area (Å²) < 4.78 is 15.4. The molecule has 1 aliphatic rings. The van der Waals surface area contributed by atoms with E-state index in [1.807, 2.05) is 7.05 Å². The molecule has 27 heavy (non-hydrogen) atoms. The van der Waals surface area contributed by atoms with E-state index in [1.165, 1.54) is 25.6 Å². The molecule has 2 aromatic rings. The number of carbonyl (C=O) groups excluding carboxylic acids is 2. The number of ether oxygens (including phenoxy) is 3. The van der Waals surface area contributed by atoms with Crippen LogP contribution in [0.25, 0.3) is 0 Å². The SMILES string of the molecule is COC(=O)c1c(NC(=O)c2ccc(OC)cc2OC)sc2c1CCN(C)C2. The molecule has 0 radical (unpaired) electrons. The van der Waals surface area contributed by atoms with Crippen LogP contribution in [-0.2, 0) is 17.7 Å². The van der Waals surface area contributed by atoms with Gasteiger partial charge in [-0.15, -0.1) is 11.3 Å². The van der Waals surface area contributed by atoms with Gasteiger partial charge in [-0.3, -0.25) is 4.79 Å². The number of benzene rings is 1. The predicted molar refractivity (Wildman–Crippen MR) is 103 cm³/mol. The Labute approximate surface area is 161 Å². The van der Waals surface area contributed by atoms with Crippen LogP contribution in [0.2, 0.25) is 0 Å². The minimum Gasteiger partial charge on any atom is -0.497 e. The Morgan fingerprint density at radius 3 is 2.63 bits per heavy atom. The van der Waals surface area contributed by atoms with Gasteiger partial charge in [0, 0.05) is 24.0 Å². The van der Waals surface area contributed by atoms with Crippen LogP contribution in [-0.4, -0.2) is 51.7 Å². The van der Waals surface area contributed by atoms with Gasteiger partial charge in [-0.05, 0) is 31.2 Å². The summed E-state index contributed by atoms with van der Waals surface area (Å²) in [5.74, 6) is 0.196. The first kappa shape index (κ1) is 19.2. The van der Waals surface area contributed by atoms with Crippen molar-refractivity contribution in [2.45, 2.75) is 13.0 Å². The molecule has 1 aliphatic heterocycles. The van der Waals surface area contributed by atoms with Crippen LogP contribution < -0.4 is 14.8 Å². The van der Waals surface area contributed by atoms with Crippen molar-refractivity contribution in [1.82, 2.24) is 4.90 Å². The van der Waals surface area contributed by atoms with Crippen molar-refractivity contribution in [3.63, 3.8) is 0 Å². The van der Waals surface area contributed by atoms with E-state index in [-0.39, 0.29) is 5.91 Å². The molecule has 1 amide bonds. The zero-order chi connectivity index (χ0) is 19.6. The van der Waals surface area contributed by atoms with Crippen molar-refractivity contribution in [2.24, 2.45) is 0 Å². The molecule has 1 aromatic carbocycles. The molecule has 0 bridgehead atoms. The lowest BCUT2D eigenvalue weighted by molar-refractivity contribution is 0.0600. The number of hydrogen-bond donors (Lipinski definition) is 1. The highest BCUT2D eigenvalue weighted by Gasteiger charge is 2.29. The second-order valence-electron chi connectivity index (χ2n) is 6.21. The molecule has 7 nitrogen and oxygen atoms in total. The molecule has 0 aliphatic carbocycles. The van der Waals surface area contributed by atoms with Crippen molar-refractivity contribution in [2.75, 3.05) is 40.2 Å². The predicted octanol–water partition coefficient (Wildman–Crippen LogP) is 2.79. The highest BCUT2D eigenvalue weighted by molar-refractivity contribution is 7.17. The molecule has 0 saturated heterocycles. The first-order valence-electron chi connectivity index (χ1n) is 8.43. The van der Waals surface area contributed by atoms with Gasteiger partial charge in [-0.2, -0.15) is 0 Å². The zero-order valence-electron chi connectivity index (χ0n) is 15.8. The van der Waals surface area contributed by atoms with Crippen LogP contribution in [0.4, 0.5) is 5.00 Å². The van der Waals surface area contributed by atoms with Crippen molar-refractivity contribution in [1.29, 1.82) is 0 Å². The molecule has 1 N–H and O–H groups in total. The van der Waals surface area contributed by atoms with Gasteiger partial charge in [-0.25, -0.2) is 4.79 Å². The van der Waals surface area contributed by atoms with E-state index < -0.39 is 5.97 Å². The van der Waals surface area contributed by atoms with Gasteiger partial charge in [0.1, 0.15) is 16.5 Å². The number of likely N-dealkylation sites (N-methyl/N-ethyl adjacent to an activating group) is 1. The Morgan fingerprint density at radius 1 is 1.19 bits per heavy atom. The normalized spacial score (nSPS) is 13.6. The van der Waals surface area contributed by atoms with E-state index in [1.54, 1.807) is 25.3 Å². The average molecular weight is 390 g/mol. The molecule has 8 heteroatoms. The van der Waals surface area contributed by atoms with Gasteiger partial charge in [0.05, 0.1) is 32.5 Å². The molecule has 0 spiro atoms. The van der Waals surface area contributed by atoms with E-state index in [0.29, 0.717) is 27.6 Å². The van der Waals surface area contributed by atoms with Crippen molar-refractivity contribution in [3.05, 3.63) is 39.8 Å². The number of carbonyl (C=O) groups is 2. The van der Waals surface area contributed by atoms with Gasteiger partial charge >= 0.3 is 5.97 Å². The summed E-state index contributed by atoms with van der Waals surface area (Å²) in [6.07, 6.45) is 0.745. The molecule has 0 fully saturated rings. The van der Waals surface area contributed by atoms with Gasteiger partial charge in [-0.1, -0.05) is 0 Å². The number of esters is 1. The largest absolute Gasteiger partial charge is 0.497 e. The van der Waals surface area contributed by atoms with Crippen LogP contribution in [0, 0.1) is 0 Å². The molecule has 0 unspecified atom stereocenters. The first-order chi connectivity index (χ1) is 13.0. The summed E-state index contributed by atoms with van der Waals surface area (Å²) in [4.78, 5) is 28.4. The lowest BCUT2D eigenvalue weighted by Gasteiger charge is -2.22. The van der Waals surface area contributed by atoms with Gasteiger partial charge < -0.3 is 24.4 Å². The minimum atomic E-state index is -0.436. The van der Waals surface area contributed by atoms with Crippen LogP contribution in [0.1, 0.15) is 31.2 Å². The lowest BCUT2D eigenvalue weighted by atomic mass is 10.0. The van der Waals surface area contributed by atoms with Crippen molar-refractivity contribution in [3.8, 4) is 11.5 Å². The summed E-state index contributed by atoms with van der Waals surface area (Å²) in [6.45, 7) is 1.60. The maximum Gasteiger partial charge on any atom is 0.341 e. The van der Waals surface area contributed by atoms with E-state index in [9.17, 15) is 9.59 Å². The van der Waals surface area contributed by atoms with E-state index in [0.717, 1.165) is 30.0 Å². The quantitative estimate of drug-likeness (QED) is 0.791. The number of amides is 1. The maximum atomic E-state index is 12.8. The molecular weight excluding hydrogens is 368 g/mol. The molecule has 0 atom stereocenters. The summed E-state index contributed by atoms with van der Waals surface area (Å²) in [5, 5.41) is 3.37. The summed E-state index contributed by atoms with van der Waals surface area (Å²) in [7, 11) is 6.41. The van der Waals surface area contributed by atoms with Crippen LogP contribution in [0.5, 0.6) is 11.5 Å². The fourth-order valence-electron chi connectivity index (χ4n) is 3.09. The number of hydrogen-bond acceptors (Lipinski definition) is 7. The third kappa shape index (κ3) is 3.77. The van der Waals surface area contributed by atoms with Gasteiger partial charge in [0.25, 0.3) is 5.91 Å². The Bertz CT molecular complexity index is 877. The van der Waals surface area contributed by atoms with Crippen molar-refractivity contribution >= 4 is 28.2 Å². The van der Waals surface area contributed by atoms with Crippen LogP contribution >= 0.6 is 11.3 Å². The molecular formula is C19H22N2O5S. The van der Waals surface area contributed by atoms with E-state index in [2.05, 4.69) is 10.2 Å². The Kier molecular flexibility index (Phi) is 5.67.